The Labute approximate surface area is 170 Å². The summed E-state index contributed by atoms with van der Waals surface area (Å²) in [4.78, 5) is 17.7. The van der Waals surface area contributed by atoms with E-state index in [1.165, 1.54) is 5.56 Å². The Morgan fingerprint density at radius 2 is 1.97 bits per heavy atom. The van der Waals surface area contributed by atoms with Gasteiger partial charge in [-0.15, -0.1) is 0 Å². The zero-order valence-corrected chi connectivity index (χ0v) is 17.0. The number of anilines is 1. The largest absolute Gasteiger partial charge is 0.458 e. The number of rotatable bonds is 5. The highest BCUT2D eigenvalue weighted by Gasteiger charge is 2.34. The monoisotopic (exact) mass is 387 g/mol. The van der Waals surface area contributed by atoms with Crippen LogP contribution in [0, 0.1) is 0 Å². The summed E-state index contributed by atoms with van der Waals surface area (Å²) in [5.74, 6) is 0.814. The molecule has 29 heavy (non-hydrogen) atoms. The van der Waals surface area contributed by atoms with E-state index in [2.05, 4.69) is 54.6 Å². The zero-order chi connectivity index (χ0) is 20.5. The number of hydrogen-bond acceptors (Lipinski definition) is 4. The van der Waals surface area contributed by atoms with Crippen molar-refractivity contribution >= 4 is 23.0 Å². The summed E-state index contributed by atoms with van der Waals surface area (Å²) in [7, 11) is 0. The Morgan fingerprint density at radius 1 is 1.24 bits per heavy atom. The lowest BCUT2D eigenvalue weighted by Gasteiger charge is -2.30. The Morgan fingerprint density at radius 3 is 2.66 bits per heavy atom. The van der Waals surface area contributed by atoms with Gasteiger partial charge in [-0.3, -0.25) is 4.57 Å². The van der Waals surface area contributed by atoms with Gasteiger partial charge in [0, 0.05) is 5.70 Å². The van der Waals surface area contributed by atoms with Gasteiger partial charge in [0.25, 0.3) is 0 Å². The Kier molecular flexibility index (Phi) is 4.97. The maximum atomic E-state index is 13.0. The number of ether oxygens (including phenoxy) is 1. The van der Waals surface area contributed by atoms with E-state index < -0.39 is 0 Å². The van der Waals surface area contributed by atoms with E-state index in [0.717, 1.165) is 28.2 Å². The quantitative estimate of drug-likeness (QED) is 0.484. The third-order valence-corrected chi connectivity index (χ3v) is 5.30. The van der Waals surface area contributed by atoms with Crippen LogP contribution in [0.2, 0.25) is 0 Å². The molecule has 1 N–H and O–H groups in total. The lowest BCUT2D eigenvalue weighted by Crippen LogP contribution is -2.29. The molecule has 0 spiro atoms. The molecule has 1 aliphatic rings. The molecule has 0 bridgehead atoms. The maximum Gasteiger partial charge on any atom is 0.338 e. The van der Waals surface area contributed by atoms with E-state index in [1.807, 2.05) is 31.2 Å². The lowest BCUT2D eigenvalue weighted by atomic mass is 9.93. The van der Waals surface area contributed by atoms with Crippen molar-refractivity contribution in [2.75, 3.05) is 11.9 Å². The van der Waals surface area contributed by atoms with Crippen LogP contribution in [0.4, 0.5) is 5.95 Å². The predicted octanol–water partition coefficient (Wildman–Crippen LogP) is 5.18. The van der Waals surface area contributed by atoms with E-state index in [9.17, 15) is 4.79 Å². The molecule has 2 aromatic carbocycles. The number of aromatic nitrogens is 2. The Bertz CT molecular complexity index is 1110. The van der Waals surface area contributed by atoms with Gasteiger partial charge >= 0.3 is 5.97 Å². The van der Waals surface area contributed by atoms with Crippen molar-refractivity contribution < 1.29 is 9.53 Å². The molecule has 1 unspecified atom stereocenters. The molecule has 0 amide bonds. The van der Waals surface area contributed by atoms with Gasteiger partial charge in [0.15, 0.2) is 0 Å². The summed E-state index contributed by atoms with van der Waals surface area (Å²) in [6, 6.07) is 16.1. The average molecular weight is 387 g/mol. The molecule has 1 aromatic heterocycles. The highest BCUT2D eigenvalue weighted by Crippen LogP contribution is 2.39. The normalized spacial score (nSPS) is 15.9. The highest BCUT2D eigenvalue weighted by atomic mass is 16.5. The first-order valence-corrected chi connectivity index (χ1v) is 9.84. The first-order valence-electron chi connectivity index (χ1n) is 9.84. The summed E-state index contributed by atoms with van der Waals surface area (Å²) in [5.41, 5.74) is 5.46. The molecule has 0 fully saturated rings. The average Bonchev–Trinajstić information content (AvgIpc) is 3.08. The van der Waals surface area contributed by atoms with Crippen LogP contribution in [-0.2, 0) is 9.53 Å². The van der Waals surface area contributed by atoms with Crippen LogP contribution < -0.4 is 5.32 Å². The van der Waals surface area contributed by atoms with E-state index in [0.29, 0.717) is 11.5 Å². The van der Waals surface area contributed by atoms with E-state index in [4.69, 9.17) is 9.72 Å². The molecule has 5 heteroatoms. The van der Waals surface area contributed by atoms with Gasteiger partial charge in [0.1, 0.15) is 6.61 Å². The smallest absolute Gasteiger partial charge is 0.338 e. The molecule has 0 saturated heterocycles. The van der Waals surface area contributed by atoms with Crippen LogP contribution in [-0.4, -0.2) is 22.1 Å². The molecule has 0 radical (unpaired) electrons. The number of benzene rings is 2. The summed E-state index contributed by atoms with van der Waals surface area (Å²) in [6.45, 7) is 10.0. The van der Waals surface area contributed by atoms with Crippen molar-refractivity contribution in [3.05, 3.63) is 83.6 Å². The van der Waals surface area contributed by atoms with Gasteiger partial charge in [-0.05, 0) is 36.1 Å². The van der Waals surface area contributed by atoms with E-state index >= 15 is 0 Å². The Balaban J connectivity index is 1.90. The molecule has 2 heterocycles. The van der Waals surface area contributed by atoms with Crippen molar-refractivity contribution in [3.63, 3.8) is 0 Å². The number of carbonyl (C=O) groups excluding carboxylic acids is 1. The predicted molar refractivity (Wildman–Crippen MR) is 116 cm³/mol. The molecule has 1 aliphatic heterocycles. The van der Waals surface area contributed by atoms with Crippen molar-refractivity contribution in [1.29, 1.82) is 0 Å². The first kappa shape index (κ1) is 19.0. The summed E-state index contributed by atoms with van der Waals surface area (Å²) >= 11 is 0. The third kappa shape index (κ3) is 3.33. The highest BCUT2D eigenvalue weighted by molar-refractivity contribution is 5.94. The fourth-order valence-electron chi connectivity index (χ4n) is 3.82. The maximum absolute atomic E-state index is 13.0. The zero-order valence-electron chi connectivity index (χ0n) is 17.0. The van der Waals surface area contributed by atoms with Crippen molar-refractivity contribution in [2.24, 2.45) is 0 Å². The molecular weight excluding hydrogens is 362 g/mol. The van der Waals surface area contributed by atoms with E-state index in [1.54, 1.807) is 6.08 Å². The van der Waals surface area contributed by atoms with Crippen molar-refractivity contribution in [1.82, 2.24) is 9.55 Å². The van der Waals surface area contributed by atoms with Gasteiger partial charge in [-0.2, -0.15) is 0 Å². The minimum atomic E-state index is -0.351. The topological polar surface area (TPSA) is 56.1 Å². The number of nitrogens with one attached hydrogen (secondary N) is 1. The molecule has 4 rings (SSSR count). The number of allylic oxidation sites excluding steroid dienone is 1. The first-order chi connectivity index (χ1) is 14.0. The minimum Gasteiger partial charge on any atom is -0.458 e. The Hall–Kier alpha value is -3.34. The van der Waals surface area contributed by atoms with Crippen LogP contribution in [0.3, 0.4) is 0 Å². The molecule has 148 valence electrons. The standard InChI is InChI=1S/C24H25N3O2/c1-5-14-29-23(28)21-16(4)25-24-26-19-8-6-7-9-20(19)27(24)22(21)18-12-10-17(11-13-18)15(2)3/h5-13,15,22H,1,14H2,2-4H3,(H,25,26). The summed E-state index contributed by atoms with van der Waals surface area (Å²) in [6.07, 6.45) is 1.58. The number of para-hydroxylation sites is 2. The second kappa shape index (κ2) is 7.59. The second-order valence-corrected chi connectivity index (χ2v) is 7.57. The molecule has 0 saturated carbocycles. The van der Waals surface area contributed by atoms with Gasteiger partial charge < -0.3 is 10.1 Å². The molecule has 1 atom stereocenters. The number of fused-ring (bicyclic) bond motifs is 3. The fourth-order valence-corrected chi connectivity index (χ4v) is 3.82. The molecule has 5 nitrogen and oxygen atoms in total. The molecule has 3 aromatic rings. The molecule has 0 aliphatic carbocycles. The number of nitrogens with zero attached hydrogens (tertiary/aromatic N) is 2. The number of carbonyl (C=O) groups is 1. The lowest BCUT2D eigenvalue weighted by molar-refractivity contribution is -0.138. The van der Waals surface area contributed by atoms with Gasteiger partial charge in [-0.1, -0.05) is 62.9 Å². The number of hydrogen-bond donors (Lipinski definition) is 1. The van der Waals surface area contributed by atoms with Crippen LogP contribution in [0.1, 0.15) is 43.9 Å². The van der Waals surface area contributed by atoms with E-state index in [-0.39, 0.29) is 18.6 Å². The van der Waals surface area contributed by atoms with Crippen molar-refractivity contribution in [3.8, 4) is 0 Å². The number of esters is 1. The number of imidazole rings is 1. The third-order valence-electron chi connectivity index (χ3n) is 5.30. The van der Waals surface area contributed by atoms with Crippen LogP contribution in [0.15, 0.2) is 72.5 Å². The van der Waals surface area contributed by atoms with Gasteiger partial charge in [0.2, 0.25) is 5.95 Å². The van der Waals surface area contributed by atoms with Crippen LogP contribution >= 0.6 is 0 Å². The van der Waals surface area contributed by atoms with Crippen molar-refractivity contribution in [2.45, 2.75) is 32.7 Å². The second-order valence-electron chi connectivity index (χ2n) is 7.57. The fraction of sp³-hybridized carbons (Fsp3) is 0.250. The van der Waals surface area contributed by atoms with Gasteiger partial charge in [0.05, 0.1) is 22.6 Å². The SMILES string of the molecule is C=CCOC(=O)C1=C(C)Nc2nc3ccccc3n2C1c1ccc(C(C)C)cc1. The van der Waals surface area contributed by atoms with Crippen LogP contribution in [0.5, 0.6) is 0 Å². The summed E-state index contributed by atoms with van der Waals surface area (Å²) < 4.78 is 7.51. The minimum absolute atomic E-state index is 0.173. The summed E-state index contributed by atoms with van der Waals surface area (Å²) in [5, 5.41) is 3.29. The molecular formula is C24H25N3O2. The van der Waals surface area contributed by atoms with Crippen LogP contribution in [0.25, 0.3) is 11.0 Å². The van der Waals surface area contributed by atoms with Gasteiger partial charge in [-0.25, -0.2) is 9.78 Å².